The van der Waals surface area contributed by atoms with Crippen LogP contribution < -0.4 is 5.73 Å². The summed E-state index contributed by atoms with van der Waals surface area (Å²) in [6.45, 7) is 4.43. The third-order valence-corrected chi connectivity index (χ3v) is 4.19. The van der Waals surface area contributed by atoms with Gasteiger partial charge < -0.3 is 5.73 Å². The summed E-state index contributed by atoms with van der Waals surface area (Å²) < 4.78 is 0. The van der Waals surface area contributed by atoms with Gasteiger partial charge in [0.2, 0.25) is 0 Å². The molecule has 1 heteroatoms. The minimum Gasteiger partial charge on any atom is -0.402 e. The van der Waals surface area contributed by atoms with Crippen molar-refractivity contribution in [1.82, 2.24) is 0 Å². The van der Waals surface area contributed by atoms with Crippen LogP contribution in [0.4, 0.5) is 0 Å². The molecule has 0 aliphatic heterocycles. The lowest BCUT2D eigenvalue weighted by Gasteiger charge is -2.02. The second-order valence-corrected chi connectivity index (χ2v) is 6.52. The average Bonchev–Trinajstić information content (AvgIpc) is 2.51. The molecule has 0 aromatic carbocycles. The molecule has 0 aromatic rings. The Balaban J connectivity index is 3.16. The van der Waals surface area contributed by atoms with E-state index in [-0.39, 0.29) is 0 Å². The summed E-state index contributed by atoms with van der Waals surface area (Å²) in [7, 11) is 0. The molecular weight excluding hydrogens is 266 g/mol. The van der Waals surface area contributed by atoms with Gasteiger partial charge in [-0.25, -0.2) is 0 Å². The Morgan fingerprint density at radius 1 is 0.682 bits per heavy atom. The summed E-state index contributed by atoms with van der Waals surface area (Å²) in [5, 5.41) is 0. The average molecular weight is 308 g/mol. The molecule has 0 spiro atoms. The molecular formula is C21H41N. The number of allylic oxidation sites excluding steroid dienone is 4. The SMILES string of the molecule is CCC=C(N)CCCCCCC/C=C\CCCCCCCC. The highest BCUT2D eigenvalue weighted by Gasteiger charge is 1.93. The van der Waals surface area contributed by atoms with Crippen LogP contribution in [0.15, 0.2) is 23.9 Å². The van der Waals surface area contributed by atoms with Crippen molar-refractivity contribution in [3.63, 3.8) is 0 Å². The number of hydrogen-bond donors (Lipinski definition) is 1. The van der Waals surface area contributed by atoms with E-state index >= 15 is 0 Å². The first kappa shape index (κ1) is 21.3. The zero-order chi connectivity index (χ0) is 16.3. The summed E-state index contributed by atoms with van der Waals surface area (Å²) >= 11 is 0. The second kappa shape index (κ2) is 18.3. The molecule has 1 nitrogen and oxygen atoms in total. The topological polar surface area (TPSA) is 26.0 Å². The minimum atomic E-state index is 1.07. The summed E-state index contributed by atoms with van der Waals surface area (Å²) in [6.07, 6.45) is 26.8. The molecule has 0 aromatic heterocycles. The van der Waals surface area contributed by atoms with Crippen molar-refractivity contribution in [3.05, 3.63) is 23.9 Å². The van der Waals surface area contributed by atoms with Crippen molar-refractivity contribution < 1.29 is 0 Å². The fourth-order valence-electron chi connectivity index (χ4n) is 2.76. The molecule has 0 amide bonds. The molecule has 0 aliphatic carbocycles. The highest BCUT2D eigenvalue weighted by molar-refractivity contribution is 4.95. The van der Waals surface area contributed by atoms with Crippen molar-refractivity contribution in [2.24, 2.45) is 5.73 Å². The van der Waals surface area contributed by atoms with Crippen molar-refractivity contribution >= 4 is 0 Å². The lowest BCUT2D eigenvalue weighted by molar-refractivity contribution is 0.608. The molecule has 0 radical (unpaired) electrons. The van der Waals surface area contributed by atoms with Crippen LogP contribution in [0.3, 0.4) is 0 Å². The van der Waals surface area contributed by atoms with Crippen LogP contribution in [0.25, 0.3) is 0 Å². The maximum absolute atomic E-state index is 5.89. The zero-order valence-electron chi connectivity index (χ0n) is 15.4. The van der Waals surface area contributed by atoms with Gasteiger partial charge in [0.15, 0.2) is 0 Å². The van der Waals surface area contributed by atoms with Crippen LogP contribution in [0.5, 0.6) is 0 Å². The predicted molar refractivity (Wildman–Crippen MR) is 102 cm³/mol. The minimum absolute atomic E-state index is 1.07. The number of hydrogen-bond acceptors (Lipinski definition) is 1. The normalized spacial score (nSPS) is 12.4. The van der Waals surface area contributed by atoms with Gasteiger partial charge in [0.1, 0.15) is 0 Å². The third kappa shape index (κ3) is 17.3. The van der Waals surface area contributed by atoms with E-state index in [1.807, 2.05) is 0 Å². The lowest BCUT2D eigenvalue weighted by Crippen LogP contribution is -1.96. The van der Waals surface area contributed by atoms with E-state index in [0.717, 1.165) is 18.5 Å². The predicted octanol–water partition coefficient (Wildman–Crippen LogP) is 7.28. The standard InChI is InChI=1S/C21H41N/c1-3-5-6-7-8-9-10-11-12-13-14-15-16-17-18-20-21(22)19-4-2/h11-12,19H,3-10,13-18,20,22H2,1-2H3/b12-11-,21-19?. The van der Waals surface area contributed by atoms with E-state index in [2.05, 4.69) is 32.1 Å². The van der Waals surface area contributed by atoms with Gasteiger partial charge in [-0.2, -0.15) is 0 Å². The van der Waals surface area contributed by atoms with Crippen LogP contribution in [0.2, 0.25) is 0 Å². The first-order valence-electron chi connectivity index (χ1n) is 9.90. The van der Waals surface area contributed by atoms with Gasteiger partial charge in [-0.15, -0.1) is 0 Å². The second-order valence-electron chi connectivity index (χ2n) is 6.52. The monoisotopic (exact) mass is 307 g/mol. The largest absolute Gasteiger partial charge is 0.402 e. The van der Waals surface area contributed by atoms with Gasteiger partial charge in [-0.05, 0) is 44.9 Å². The van der Waals surface area contributed by atoms with Gasteiger partial charge in [0.25, 0.3) is 0 Å². The molecule has 0 saturated heterocycles. The summed E-state index contributed by atoms with van der Waals surface area (Å²) in [6, 6.07) is 0. The molecule has 0 aliphatic rings. The van der Waals surface area contributed by atoms with Gasteiger partial charge in [0, 0.05) is 5.70 Å². The molecule has 2 N–H and O–H groups in total. The van der Waals surface area contributed by atoms with Crippen LogP contribution >= 0.6 is 0 Å². The van der Waals surface area contributed by atoms with Crippen LogP contribution in [-0.4, -0.2) is 0 Å². The van der Waals surface area contributed by atoms with Gasteiger partial charge in [-0.1, -0.05) is 83.4 Å². The maximum atomic E-state index is 5.89. The molecule has 0 saturated carbocycles. The van der Waals surface area contributed by atoms with E-state index in [1.54, 1.807) is 0 Å². The first-order chi connectivity index (χ1) is 10.8. The quantitative estimate of drug-likeness (QED) is 0.235. The summed E-state index contributed by atoms with van der Waals surface area (Å²) in [5.41, 5.74) is 6.97. The van der Waals surface area contributed by atoms with Crippen LogP contribution in [-0.2, 0) is 0 Å². The Morgan fingerprint density at radius 3 is 1.73 bits per heavy atom. The zero-order valence-corrected chi connectivity index (χ0v) is 15.4. The molecule has 0 bridgehead atoms. The van der Waals surface area contributed by atoms with E-state index < -0.39 is 0 Å². The number of unbranched alkanes of at least 4 members (excludes halogenated alkanes) is 11. The molecule has 0 rings (SSSR count). The molecule has 0 fully saturated rings. The Morgan fingerprint density at radius 2 is 1.18 bits per heavy atom. The Labute approximate surface area is 140 Å². The van der Waals surface area contributed by atoms with E-state index in [0.29, 0.717) is 0 Å². The van der Waals surface area contributed by atoms with E-state index in [9.17, 15) is 0 Å². The lowest BCUT2D eigenvalue weighted by atomic mass is 10.1. The van der Waals surface area contributed by atoms with E-state index in [1.165, 1.54) is 83.5 Å². The Hall–Kier alpha value is -0.720. The smallest absolute Gasteiger partial charge is 0.00398 e. The fraction of sp³-hybridized carbons (Fsp3) is 0.810. The summed E-state index contributed by atoms with van der Waals surface area (Å²) in [5.74, 6) is 0. The number of rotatable bonds is 16. The molecule has 0 atom stereocenters. The molecule has 130 valence electrons. The highest BCUT2D eigenvalue weighted by Crippen LogP contribution is 2.11. The van der Waals surface area contributed by atoms with Crippen molar-refractivity contribution in [3.8, 4) is 0 Å². The Bertz CT molecular complexity index is 265. The summed E-state index contributed by atoms with van der Waals surface area (Å²) in [4.78, 5) is 0. The van der Waals surface area contributed by atoms with Gasteiger partial charge in [-0.3, -0.25) is 0 Å². The van der Waals surface area contributed by atoms with Crippen LogP contribution in [0.1, 0.15) is 110 Å². The highest BCUT2D eigenvalue weighted by atomic mass is 14.6. The number of nitrogens with two attached hydrogens (primary N) is 1. The molecule has 0 heterocycles. The van der Waals surface area contributed by atoms with Crippen LogP contribution in [0, 0.1) is 0 Å². The van der Waals surface area contributed by atoms with Gasteiger partial charge in [0.05, 0.1) is 0 Å². The molecule has 22 heavy (non-hydrogen) atoms. The van der Waals surface area contributed by atoms with Gasteiger partial charge >= 0.3 is 0 Å². The maximum Gasteiger partial charge on any atom is 0.00398 e. The first-order valence-corrected chi connectivity index (χ1v) is 9.90. The van der Waals surface area contributed by atoms with E-state index in [4.69, 9.17) is 5.73 Å². The Kier molecular flexibility index (Phi) is 17.7. The third-order valence-electron chi connectivity index (χ3n) is 4.19. The van der Waals surface area contributed by atoms with Crippen molar-refractivity contribution in [2.75, 3.05) is 0 Å². The fourth-order valence-corrected chi connectivity index (χ4v) is 2.76. The van der Waals surface area contributed by atoms with Crippen molar-refractivity contribution in [2.45, 2.75) is 110 Å². The van der Waals surface area contributed by atoms with Crippen molar-refractivity contribution in [1.29, 1.82) is 0 Å². The molecule has 0 unspecified atom stereocenters.